The number of aromatic nitrogens is 1. The first kappa shape index (κ1) is 11.3. The van der Waals surface area contributed by atoms with Crippen LogP contribution in [0.2, 0.25) is 5.02 Å². The van der Waals surface area contributed by atoms with Gasteiger partial charge in [0, 0.05) is 10.7 Å². The second kappa shape index (κ2) is 4.32. The first-order chi connectivity index (χ1) is 7.61. The molecule has 0 amide bonds. The maximum Gasteiger partial charge on any atom is 0.125 e. The molecule has 2 rings (SSSR count). The van der Waals surface area contributed by atoms with Gasteiger partial charge in [0.05, 0.1) is 10.7 Å². The molecule has 0 bridgehead atoms. The predicted molar refractivity (Wildman–Crippen MR) is 67.9 cm³/mol. The van der Waals surface area contributed by atoms with Crippen LogP contribution in [0, 0.1) is 18.3 Å². The van der Waals surface area contributed by atoms with Crippen molar-refractivity contribution in [1.29, 1.82) is 5.26 Å². The first-order valence-corrected chi connectivity index (χ1v) is 5.83. The Hall–Kier alpha value is -1.24. The highest BCUT2D eigenvalue weighted by Crippen LogP contribution is 2.26. The van der Waals surface area contributed by atoms with Gasteiger partial charge in [-0.05, 0) is 46.6 Å². The second-order valence-corrected chi connectivity index (χ2v) is 4.80. The molecule has 0 aliphatic rings. The summed E-state index contributed by atoms with van der Waals surface area (Å²) < 4.78 is 2.63. The summed E-state index contributed by atoms with van der Waals surface area (Å²) in [6.45, 7) is 1.98. The summed E-state index contributed by atoms with van der Waals surface area (Å²) in [5, 5.41) is 9.64. The molecule has 0 saturated carbocycles. The Morgan fingerprint density at radius 2 is 2.12 bits per heavy atom. The molecule has 4 heteroatoms. The fraction of sp³-hybridized carbons (Fsp3) is 0.0833. The van der Waals surface area contributed by atoms with Gasteiger partial charge >= 0.3 is 0 Å². The summed E-state index contributed by atoms with van der Waals surface area (Å²) in [4.78, 5) is 0. The van der Waals surface area contributed by atoms with E-state index in [4.69, 9.17) is 16.9 Å². The van der Waals surface area contributed by atoms with Crippen LogP contribution in [-0.2, 0) is 0 Å². The van der Waals surface area contributed by atoms with Crippen molar-refractivity contribution in [1.82, 2.24) is 4.57 Å². The molecular formula is C12H8BrClN2. The van der Waals surface area contributed by atoms with E-state index >= 15 is 0 Å². The summed E-state index contributed by atoms with van der Waals surface area (Å²) in [5.74, 6) is 0. The van der Waals surface area contributed by atoms with Gasteiger partial charge in [-0.15, -0.1) is 0 Å². The highest BCUT2D eigenvalue weighted by molar-refractivity contribution is 9.10. The Labute approximate surface area is 107 Å². The van der Waals surface area contributed by atoms with Crippen molar-refractivity contribution in [2.24, 2.45) is 0 Å². The summed E-state index contributed by atoms with van der Waals surface area (Å²) in [6.07, 6.45) is 1.83. The molecule has 1 aromatic carbocycles. The number of rotatable bonds is 1. The van der Waals surface area contributed by atoms with E-state index in [1.807, 2.05) is 31.3 Å². The molecule has 16 heavy (non-hydrogen) atoms. The Kier molecular flexibility index (Phi) is 3.04. The zero-order chi connectivity index (χ0) is 11.7. The average Bonchev–Trinajstić information content (AvgIpc) is 2.59. The normalized spacial score (nSPS) is 10.1. The van der Waals surface area contributed by atoms with Gasteiger partial charge in [0.1, 0.15) is 11.8 Å². The summed E-state index contributed by atoms with van der Waals surface area (Å²) in [7, 11) is 0. The topological polar surface area (TPSA) is 28.7 Å². The quantitative estimate of drug-likeness (QED) is 0.779. The number of hydrogen-bond acceptors (Lipinski definition) is 1. The van der Waals surface area contributed by atoms with E-state index in [1.165, 1.54) is 0 Å². The Bertz CT molecular complexity index is 581. The van der Waals surface area contributed by atoms with Crippen LogP contribution in [0.3, 0.4) is 0 Å². The van der Waals surface area contributed by atoms with E-state index in [2.05, 4.69) is 22.0 Å². The lowest BCUT2D eigenvalue weighted by molar-refractivity contribution is 1.05. The van der Waals surface area contributed by atoms with Crippen molar-refractivity contribution in [2.45, 2.75) is 6.92 Å². The largest absolute Gasteiger partial charge is 0.306 e. The molecule has 1 heterocycles. The zero-order valence-electron chi connectivity index (χ0n) is 8.54. The smallest absolute Gasteiger partial charge is 0.125 e. The SMILES string of the molecule is Cc1ccc(-n2cc(Br)cc2C#N)c(Cl)c1. The number of aryl methyl sites for hydroxylation is 1. The number of nitrogens with zero attached hydrogens (tertiary/aromatic N) is 2. The van der Waals surface area contributed by atoms with Crippen LogP contribution in [-0.4, -0.2) is 4.57 Å². The van der Waals surface area contributed by atoms with Crippen molar-refractivity contribution in [3.63, 3.8) is 0 Å². The molecule has 0 aliphatic carbocycles. The van der Waals surface area contributed by atoms with Crippen molar-refractivity contribution >= 4 is 27.5 Å². The molecule has 0 N–H and O–H groups in total. The lowest BCUT2D eigenvalue weighted by Gasteiger charge is -2.07. The van der Waals surface area contributed by atoms with E-state index in [1.54, 1.807) is 10.6 Å². The average molecular weight is 296 g/mol. The van der Waals surface area contributed by atoms with Crippen molar-refractivity contribution in [3.05, 3.63) is 51.2 Å². The van der Waals surface area contributed by atoms with Gasteiger partial charge in [-0.1, -0.05) is 17.7 Å². The van der Waals surface area contributed by atoms with Gasteiger partial charge in [0.25, 0.3) is 0 Å². The summed E-state index contributed by atoms with van der Waals surface area (Å²) >= 11 is 9.50. The third-order valence-corrected chi connectivity index (χ3v) is 3.00. The summed E-state index contributed by atoms with van der Waals surface area (Å²) in [5.41, 5.74) is 2.46. The Morgan fingerprint density at radius 3 is 2.75 bits per heavy atom. The monoisotopic (exact) mass is 294 g/mol. The van der Waals surface area contributed by atoms with E-state index in [9.17, 15) is 0 Å². The minimum Gasteiger partial charge on any atom is -0.306 e. The maximum absolute atomic E-state index is 9.00. The number of hydrogen-bond donors (Lipinski definition) is 0. The third-order valence-electron chi connectivity index (χ3n) is 2.26. The van der Waals surface area contributed by atoms with Crippen LogP contribution >= 0.6 is 27.5 Å². The van der Waals surface area contributed by atoms with Gasteiger partial charge in [0.15, 0.2) is 0 Å². The fourth-order valence-electron chi connectivity index (χ4n) is 1.52. The molecule has 0 unspecified atom stereocenters. The highest BCUT2D eigenvalue weighted by atomic mass is 79.9. The molecule has 80 valence electrons. The molecule has 0 spiro atoms. The van der Waals surface area contributed by atoms with Gasteiger partial charge in [-0.2, -0.15) is 5.26 Å². The van der Waals surface area contributed by atoms with E-state index in [0.29, 0.717) is 10.7 Å². The molecule has 2 nitrogen and oxygen atoms in total. The molecule has 0 radical (unpaired) electrons. The summed E-state index contributed by atoms with van der Waals surface area (Å²) in [6, 6.07) is 9.65. The standard InChI is InChI=1S/C12H8BrClN2/c1-8-2-3-12(11(14)4-8)16-7-9(13)5-10(16)6-15/h2-5,7H,1H3. The first-order valence-electron chi connectivity index (χ1n) is 4.66. The Balaban J connectivity index is 2.63. The van der Waals surface area contributed by atoms with E-state index in [0.717, 1.165) is 15.7 Å². The molecule has 1 aromatic heterocycles. The molecule has 0 fully saturated rings. The predicted octanol–water partition coefficient (Wildman–Crippen LogP) is 4.07. The van der Waals surface area contributed by atoms with Crippen molar-refractivity contribution < 1.29 is 0 Å². The number of halogens is 2. The molecule has 2 aromatic rings. The molecule has 0 saturated heterocycles. The van der Waals surface area contributed by atoms with E-state index < -0.39 is 0 Å². The molecule has 0 atom stereocenters. The van der Waals surface area contributed by atoms with Gasteiger partial charge in [0.2, 0.25) is 0 Å². The third kappa shape index (κ3) is 1.99. The number of benzene rings is 1. The van der Waals surface area contributed by atoms with Crippen LogP contribution in [0.25, 0.3) is 5.69 Å². The maximum atomic E-state index is 9.00. The van der Waals surface area contributed by atoms with Crippen LogP contribution in [0.4, 0.5) is 0 Å². The van der Waals surface area contributed by atoms with Crippen molar-refractivity contribution in [2.75, 3.05) is 0 Å². The second-order valence-electron chi connectivity index (χ2n) is 3.48. The Morgan fingerprint density at radius 1 is 1.38 bits per heavy atom. The van der Waals surface area contributed by atoms with Crippen LogP contribution in [0.15, 0.2) is 34.9 Å². The minimum atomic E-state index is 0.553. The number of nitriles is 1. The fourth-order valence-corrected chi connectivity index (χ4v) is 2.27. The molecule has 0 aliphatic heterocycles. The van der Waals surface area contributed by atoms with Crippen molar-refractivity contribution in [3.8, 4) is 11.8 Å². The van der Waals surface area contributed by atoms with Gasteiger partial charge in [-0.25, -0.2) is 0 Å². The lowest BCUT2D eigenvalue weighted by atomic mass is 10.2. The lowest BCUT2D eigenvalue weighted by Crippen LogP contribution is -1.96. The van der Waals surface area contributed by atoms with Crippen LogP contribution in [0.1, 0.15) is 11.3 Å². The minimum absolute atomic E-state index is 0.553. The van der Waals surface area contributed by atoms with Gasteiger partial charge in [-0.3, -0.25) is 0 Å². The molecular weight excluding hydrogens is 288 g/mol. The van der Waals surface area contributed by atoms with E-state index in [-0.39, 0.29) is 0 Å². The highest BCUT2D eigenvalue weighted by Gasteiger charge is 2.08. The van der Waals surface area contributed by atoms with Crippen LogP contribution < -0.4 is 0 Å². The zero-order valence-corrected chi connectivity index (χ0v) is 10.9. The van der Waals surface area contributed by atoms with Gasteiger partial charge < -0.3 is 4.57 Å². The van der Waals surface area contributed by atoms with Crippen LogP contribution in [0.5, 0.6) is 0 Å².